The van der Waals surface area contributed by atoms with E-state index in [1.54, 1.807) is 0 Å². The predicted octanol–water partition coefficient (Wildman–Crippen LogP) is 1.94. The molecule has 4 heterocycles. The zero-order chi connectivity index (χ0) is 19.3. The molecule has 4 aromatic rings. The highest BCUT2D eigenvalue weighted by Gasteiger charge is 2.09. The molecule has 138 valence electrons. The number of nitrogens with zero attached hydrogens (tertiary/aromatic N) is 4. The molecule has 0 spiro atoms. The second kappa shape index (κ2) is 8.09. The van der Waals surface area contributed by atoms with E-state index < -0.39 is 0 Å². The fourth-order valence-corrected chi connectivity index (χ4v) is 3.22. The van der Waals surface area contributed by atoms with Gasteiger partial charge >= 0.3 is 0 Å². The summed E-state index contributed by atoms with van der Waals surface area (Å²) in [5.41, 5.74) is 4.96. The zero-order valence-corrected chi connectivity index (χ0v) is 16.4. The monoisotopic (exact) mass is 370 g/mol. The summed E-state index contributed by atoms with van der Waals surface area (Å²) < 4.78 is 8.55. The van der Waals surface area contributed by atoms with E-state index in [0.29, 0.717) is 0 Å². The molecule has 0 saturated heterocycles. The number of pyridine rings is 4. The number of hydrogen-bond donors (Lipinski definition) is 0. The van der Waals surface area contributed by atoms with Crippen molar-refractivity contribution in [3.05, 3.63) is 98.1 Å². The minimum absolute atomic E-state index is 0.940. The Balaban J connectivity index is 1.39. The third kappa shape index (κ3) is 4.29. The van der Waals surface area contributed by atoms with Gasteiger partial charge in [0.1, 0.15) is 14.1 Å². The zero-order valence-electron chi connectivity index (χ0n) is 16.4. The van der Waals surface area contributed by atoms with Crippen molar-refractivity contribution in [2.75, 3.05) is 0 Å². The molecule has 0 bridgehead atoms. The largest absolute Gasteiger partial charge is 0.208 e. The quantitative estimate of drug-likeness (QED) is 0.477. The first kappa shape index (κ1) is 18.0. The Hall–Kier alpha value is -3.40. The van der Waals surface area contributed by atoms with Gasteiger partial charge in [-0.05, 0) is 22.3 Å². The first-order valence-corrected chi connectivity index (χ1v) is 9.57. The van der Waals surface area contributed by atoms with E-state index in [1.807, 2.05) is 23.2 Å². The predicted molar refractivity (Wildman–Crippen MR) is 106 cm³/mol. The van der Waals surface area contributed by atoms with E-state index in [4.69, 9.17) is 0 Å². The Morgan fingerprint density at radius 1 is 0.429 bits per heavy atom. The van der Waals surface area contributed by atoms with Gasteiger partial charge in [0.05, 0.1) is 0 Å². The van der Waals surface area contributed by atoms with Gasteiger partial charge in [-0.15, -0.1) is 0 Å². The normalized spacial score (nSPS) is 10.8. The fourth-order valence-electron chi connectivity index (χ4n) is 3.22. The van der Waals surface area contributed by atoms with Crippen LogP contribution in [-0.4, -0.2) is 0 Å². The maximum Gasteiger partial charge on any atom is 0.206 e. The Morgan fingerprint density at radius 2 is 0.679 bits per heavy atom. The molecule has 0 saturated carbocycles. The van der Waals surface area contributed by atoms with Crippen molar-refractivity contribution in [1.29, 1.82) is 0 Å². The molecule has 4 nitrogen and oxygen atoms in total. The molecule has 0 radical (unpaired) electrons. The minimum Gasteiger partial charge on any atom is -0.208 e. The molecule has 0 fully saturated rings. The number of aromatic nitrogens is 4. The number of aryl methyl sites for hydroxylation is 4. The van der Waals surface area contributed by atoms with E-state index in [1.165, 1.54) is 22.3 Å². The van der Waals surface area contributed by atoms with Crippen molar-refractivity contribution in [2.24, 2.45) is 14.1 Å². The second-order valence-electron chi connectivity index (χ2n) is 7.15. The highest BCUT2D eigenvalue weighted by molar-refractivity contribution is 5.61. The SMILES string of the molecule is C[n+]1ccc(-c2cc[n+](CC[n+]3ccc(-c4cc[n+](C)cc4)cc3)cc2)cc1. The van der Waals surface area contributed by atoms with Crippen molar-refractivity contribution in [1.82, 2.24) is 0 Å². The van der Waals surface area contributed by atoms with Gasteiger partial charge in [-0.1, -0.05) is 0 Å². The molecule has 0 atom stereocenters. The summed E-state index contributed by atoms with van der Waals surface area (Å²) in [5.74, 6) is 0. The maximum atomic E-state index is 2.23. The van der Waals surface area contributed by atoms with Crippen LogP contribution in [0.3, 0.4) is 0 Å². The summed E-state index contributed by atoms with van der Waals surface area (Å²) in [6.45, 7) is 1.88. The molecule has 0 aliphatic rings. The summed E-state index contributed by atoms with van der Waals surface area (Å²) in [5, 5.41) is 0. The molecule has 0 aromatic carbocycles. The van der Waals surface area contributed by atoms with E-state index in [9.17, 15) is 0 Å². The van der Waals surface area contributed by atoms with Crippen molar-refractivity contribution in [2.45, 2.75) is 13.1 Å². The van der Waals surface area contributed by atoms with Gasteiger partial charge in [0.2, 0.25) is 13.1 Å². The highest BCUT2D eigenvalue weighted by Crippen LogP contribution is 2.16. The average molecular weight is 371 g/mol. The molecule has 0 unspecified atom stereocenters. The molecular formula is C24H26N4+4. The highest BCUT2D eigenvalue weighted by atomic mass is 15.0. The Bertz CT molecular complexity index is 947. The van der Waals surface area contributed by atoms with Crippen molar-refractivity contribution in [3.63, 3.8) is 0 Å². The lowest BCUT2D eigenvalue weighted by Gasteiger charge is -2.01. The van der Waals surface area contributed by atoms with Gasteiger partial charge in [0.25, 0.3) is 0 Å². The summed E-state index contributed by atoms with van der Waals surface area (Å²) in [4.78, 5) is 0. The first-order chi connectivity index (χ1) is 13.7. The molecule has 28 heavy (non-hydrogen) atoms. The summed E-state index contributed by atoms with van der Waals surface area (Å²) in [7, 11) is 4.07. The smallest absolute Gasteiger partial charge is 0.206 e. The van der Waals surface area contributed by atoms with Crippen LogP contribution < -0.4 is 18.3 Å². The standard InChI is InChI=1S/C24H26N4/c1-25-11-3-21(4-12-25)23-7-15-27(16-8-23)19-20-28-17-9-24(10-18-28)22-5-13-26(2)14-6-22/h3-18H,19-20H2,1-2H3/q+4. The van der Waals surface area contributed by atoms with Crippen molar-refractivity contribution in [3.8, 4) is 22.3 Å². The van der Waals surface area contributed by atoms with E-state index >= 15 is 0 Å². The Morgan fingerprint density at radius 3 is 0.964 bits per heavy atom. The van der Waals surface area contributed by atoms with Gasteiger partial charge < -0.3 is 0 Å². The average Bonchev–Trinajstić information content (AvgIpc) is 2.74. The summed E-state index contributed by atoms with van der Waals surface area (Å²) in [6, 6.07) is 17.3. The topological polar surface area (TPSA) is 15.5 Å². The van der Waals surface area contributed by atoms with Crippen LogP contribution >= 0.6 is 0 Å². The Kier molecular flexibility index (Phi) is 5.20. The lowest BCUT2D eigenvalue weighted by atomic mass is 10.1. The van der Waals surface area contributed by atoms with Crippen LogP contribution in [0.4, 0.5) is 0 Å². The molecule has 0 amide bonds. The van der Waals surface area contributed by atoms with E-state index in [-0.39, 0.29) is 0 Å². The molecular weight excluding hydrogens is 344 g/mol. The number of hydrogen-bond acceptors (Lipinski definition) is 0. The first-order valence-electron chi connectivity index (χ1n) is 9.57. The van der Waals surface area contributed by atoms with Crippen LogP contribution in [0.2, 0.25) is 0 Å². The third-order valence-electron chi connectivity index (χ3n) is 5.02. The molecule has 0 N–H and O–H groups in total. The van der Waals surface area contributed by atoms with Crippen LogP contribution in [0.5, 0.6) is 0 Å². The van der Waals surface area contributed by atoms with Crippen LogP contribution in [0, 0.1) is 0 Å². The molecule has 4 rings (SSSR count). The lowest BCUT2D eigenvalue weighted by Crippen LogP contribution is -2.43. The molecule has 0 aliphatic heterocycles. The van der Waals surface area contributed by atoms with Crippen LogP contribution in [-0.2, 0) is 27.2 Å². The Labute approximate surface area is 166 Å². The van der Waals surface area contributed by atoms with Crippen LogP contribution in [0.25, 0.3) is 22.3 Å². The van der Waals surface area contributed by atoms with Crippen LogP contribution in [0.1, 0.15) is 0 Å². The maximum absolute atomic E-state index is 2.23. The molecule has 4 aromatic heterocycles. The summed E-state index contributed by atoms with van der Waals surface area (Å²) in [6.07, 6.45) is 16.9. The number of rotatable bonds is 5. The van der Waals surface area contributed by atoms with Gasteiger partial charge in [0.15, 0.2) is 49.6 Å². The van der Waals surface area contributed by atoms with Gasteiger partial charge in [-0.25, -0.2) is 9.13 Å². The van der Waals surface area contributed by atoms with E-state index in [2.05, 4.69) is 107 Å². The fraction of sp³-hybridized carbons (Fsp3) is 0.167. The van der Waals surface area contributed by atoms with Gasteiger partial charge in [0, 0.05) is 48.5 Å². The second-order valence-corrected chi connectivity index (χ2v) is 7.15. The van der Waals surface area contributed by atoms with E-state index in [0.717, 1.165) is 13.1 Å². The van der Waals surface area contributed by atoms with Crippen LogP contribution in [0.15, 0.2) is 98.1 Å². The van der Waals surface area contributed by atoms with Crippen molar-refractivity contribution < 1.29 is 18.3 Å². The third-order valence-corrected chi connectivity index (χ3v) is 5.02. The summed E-state index contributed by atoms with van der Waals surface area (Å²) >= 11 is 0. The lowest BCUT2D eigenvalue weighted by molar-refractivity contribution is -0.778. The molecule has 0 aliphatic carbocycles. The van der Waals surface area contributed by atoms with Crippen molar-refractivity contribution >= 4 is 0 Å². The molecule has 4 heteroatoms. The van der Waals surface area contributed by atoms with Gasteiger partial charge in [-0.2, -0.15) is 9.13 Å². The minimum atomic E-state index is 0.940. The van der Waals surface area contributed by atoms with Gasteiger partial charge in [-0.3, -0.25) is 0 Å².